The fourth-order valence-corrected chi connectivity index (χ4v) is 3.26. The van der Waals surface area contributed by atoms with Gasteiger partial charge in [-0.2, -0.15) is 0 Å². The summed E-state index contributed by atoms with van der Waals surface area (Å²) in [6.45, 7) is 0.416. The summed E-state index contributed by atoms with van der Waals surface area (Å²) < 4.78 is 38.1. The van der Waals surface area contributed by atoms with Crippen molar-refractivity contribution in [3.63, 3.8) is 0 Å². The van der Waals surface area contributed by atoms with Crippen LogP contribution in [0.3, 0.4) is 0 Å². The van der Waals surface area contributed by atoms with Crippen LogP contribution in [0.25, 0.3) is 0 Å². The SMILES string of the molecule is O=S(=O)(NCC1COc2ccccc2O1)c1ccc(Cl)cc1. The van der Waals surface area contributed by atoms with Gasteiger partial charge in [0, 0.05) is 5.02 Å². The normalized spacial score (nSPS) is 17.2. The Labute approximate surface area is 133 Å². The first kappa shape index (κ1) is 15.1. The molecule has 1 heterocycles. The molecule has 2 aromatic rings. The number of sulfonamides is 1. The average molecular weight is 340 g/mol. The highest BCUT2D eigenvalue weighted by Crippen LogP contribution is 2.30. The minimum atomic E-state index is -3.60. The second kappa shape index (κ2) is 6.16. The van der Waals surface area contributed by atoms with Crippen molar-refractivity contribution in [3.8, 4) is 11.5 Å². The number of rotatable bonds is 4. The predicted octanol–water partition coefficient (Wildman–Crippen LogP) is 2.46. The van der Waals surface area contributed by atoms with Crippen LogP contribution >= 0.6 is 11.6 Å². The Morgan fingerprint density at radius 3 is 2.50 bits per heavy atom. The Bertz CT molecular complexity index is 761. The fourth-order valence-electron chi connectivity index (χ4n) is 2.06. The highest BCUT2D eigenvalue weighted by atomic mass is 35.5. The van der Waals surface area contributed by atoms with Crippen molar-refractivity contribution in [2.45, 2.75) is 11.0 Å². The highest BCUT2D eigenvalue weighted by molar-refractivity contribution is 7.89. The molecule has 0 bridgehead atoms. The Morgan fingerprint density at radius 2 is 1.77 bits per heavy atom. The molecule has 0 aliphatic carbocycles. The van der Waals surface area contributed by atoms with Gasteiger partial charge in [-0.3, -0.25) is 0 Å². The number of para-hydroxylation sites is 2. The van der Waals surface area contributed by atoms with Crippen LogP contribution in [0.4, 0.5) is 0 Å². The van der Waals surface area contributed by atoms with Gasteiger partial charge < -0.3 is 9.47 Å². The molecule has 0 amide bonds. The standard InChI is InChI=1S/C15H14ClNO4S/c16-11-5-7-13(8-6-11)22(18,19)17-9-12-10-20-14-3-1-2-4-15(14)21-12/h1-8,12,17H,9-10H2. The van der Waals surface area contributed by atoms with Crippen LogP contribution in [0.15, 0.2) is 53.4 Å². The van der Waals surface area contributed by atoms with Gasteiger partial charge in [0.15, 0.2) is 11.5 Å². The van der Waals surface area contributed by atoms with Gasteiger partial charge in [0.25, 0.3) is 0 Å². The zero-order valence-electron chi connectivity index (χ0n) is 11.5. The molecule has 5 nitrogen and oxygen atoms in total. The molecular weight excluding hydrogens is 326 g/mol. The summed E-state index contributed by atoms with van der Waals surface area (Å²) in [5.41, 5.74) is 0. The quantitative estimate of drug-likeness (QED) is 0.929. The Balaban J connectivity index is 1.64. The van der Waals surface area contributed by atoms with Gasteiger partial charge >= 0.3 is 0 Å². The van der Waals surface area contributed by atoms with E-state index < -0.39 is 10.0 Å². The minimum Gasteiger partial charge on any atom is -0.486 e. The molecule has 0 saturated heterocycles. The molecule has 22 heavy (non-hydrogen) atoms. The maximum atomic E-state index is 12.2. The Morgan fingerprint density at radius 1 is 1.09 bits per heavy atom. The Kier molecular flexibility index (Phi) is 4.24. The van der Waals surface area contributed by atoms with Crippen LogP contribution in [0.5, 0.6) is 11.5 Å². The van der Waals surface area contributed by atoms with E-state index in [1.54, 1.807) is 6.07 Å². The lowest BCUT2D eigenvalue weighted by atomic mass is 10.2. The fraction of sp³-hybridized carbons (Fsp3) is 0.200. The summed E-state index contributed by atoms with van der Waals surface area (Å²) >= 11 is 5.76. The average Bonchev–Trinajstić information content (AvgIpc) is 2.53. The van der Waals surface area contributed by atoms with Gasteiger partial charge in [-0.25, -0.2) is 13.1 Å². The zero-order chi connectivity index (χ0) is 15.6. The summed E-state index contributed by atoms with van der Waals surface area (Å²) in [7, 11) is -3.60. The van der Waals surface area contributed by atoms with Crippen molar-refractivity contribution >= 4 is 21.6 Å². The summed E-state index contributed by atoms with van der Waals surface area (Å²) in [6.07, 6.45) is -0.378. The number of hydrogen-bond acceptors (Lipinski definition) is 4. The van der Waals surface area contributed by atoms with Gasteiger partial charge in [-0.15, -0.1) is 0 Å². The lowest BCUT2D eigenvalue weighted by Gasteiger charge is -2.26. The topological polar surface area (TPSA) is 64.6 Å². The van der Waals surface area contributed by atoms with Crippen LogP contribution in [0, 0.1) is 0 Å². The lowest BCUT2D eigenvalue weighted by molar-refractivity contribution is 0.0943. The minimum absolute atomic E-state index is 0.124. The summed E-state index contributed by atoms with van der Waals surface area (Å²) in [5, 5.41) is 0.486. The molecule has 2 aromatic carbocycles. The van der Waals surface area contributed by atoms with Crippen molar-refractivity contribution in [3.05, 3.63) is 53.6 Å². The van der Waals surface area contributed by atoms with Crippen LogP contribution < -0.4 is 14.2 Å². The van der Waals surface area contributed by atoms with Crippen molar-refractivity contribution in [1.82, 2.24) is 4.72 Å². The van der Waals surface area contributed by atoms with E-state index >= 15 is 0 Å². The Hall–Kier alpha value is -1.76. The number of halogens is 1. The van der Waals surface area contributed by atoms with Crippen molar-refractivity contribution < 1.29 is 17.9 Å². The number of ether oxygens (including phenoxy) is 2. The monoisotopic (exact) mass is 339 g/mol. The molecular formula is C15H14ClNO4S. The third-order valence-corrected chi connectivity index (χ3v) is 4.88. The molecule has 7 heteroatoms. The first-order chi connectivity index (χ1) is 10.5. The third-order valence-electron chi connectivity index (χ3n) is 3.19. The third kappa shape index (κ3) is 3.35. The van der Waals surface area contributed by atoms with E-state index in [-0.39, 0.29) is 17.5 Å². The molecule has 0 fully saturated rings. The molecule has 3 rings (SSSR count). The zero-order valence-corrected chi connectivity index (χ0v) is 13.1. The summed E-state index contributed by atoms with van der Waals surface area (Å²) in [6, 6.07) is 13.3. The molecule has 1 aliphatic rings. The molecule has 1 unspecified atom stereocenters. The van der Waals surface area contributed by atoms with E-state index in [2.05, 4.69) is 4.72 Å². The van der Waals surface area contributed by atoms with Gasteiger partial charge in [-0.05, 0) is 36.4 Å². The first-order valence-electron chi connectivity index (χ1n) is 6.68. The van der Waals surface area contributed by atoms with Crippen LogP contribution in [0.1, 0.15) is 0 Å². The maximum absolute atomic E-state index is 12.2. The van der Waals surface area contributed by atoms with Gasteiger partial charge in [0.05, 0.1) is 11.4 Å². The number of hydrogen-bond donors (Lipinski definition) is 1. The molecule has 1 atom stereocenters. The van der Waals surface area contributed by atoms with E-state index in [4.69, 9.17) is 21.1 Å². The van der Waals surface area contributed by atoms with Gasteiger partial charge in [0.2, 0.25) is 10.0 Å². The second-order valence-electron chi connectivity index (χ2n) is 4.80. The van der Waals surface area contributed by atoms with E-state index in [1.165, 1.54) is 24.3 Å². The second-order valence-corrected chi connectivity index (χ2v) is 7.01. The lowest BCUT2D eigenvalue weighted by Crippen LogP contribution is -2.40. The molecule has 1 aliphatic heterocycles. The highest BCUT2D eigenvalue weighted by Gasteiger charge is 2.23. The molecule has 116 valence electrons. The van der Waals surface area contributed by atoms with E-state index in [0.717, 1.165) is 0 Å². The van der Waals surface area contributed by atoms with Crippen molar-refractivity contribution in [2.24, 2.45) is 0 Å². The molecule has 0 radical (unpaired) electrons. The predicted molar refractivity (Wildman–Crippen MR) is 83.0 cm³/mol. The molecule has 0 spiro atoms. The van der Waals surface area contributed by atoms with E-state index in [1.807, 2.05) is 18.2 Å². The number of nitrogens with one attached hydrogen (secondary N) is 1. The molecule has 1 N–H and O–H groups in total. The molecule has 0 saturated carbocycles. The number of fused-ring (bicyclic) bond motifs is 1. The largest absolute Gasteiger partial charge is 0.486 e. The van der Waals surface area contributed by atoms with E-state index in [0.29, 0.717) is 23.1 Å². The summed E-state index contributed by atoms with van der Waals surface area (Å²) in [4.78, 5) is 0.161. The van der Waals surface area contributed by atoms with Crippen LogP contribution in [-0.2, 0) is 10.0 Å². The van der Waals surface area contributed by atoms with Crippen LogP contribution in [-0.4, -0.2) is 27.7 Å². The smallest absolute Gasteiger partial charge is 0.240 e. The van der Waals surface area contributed by atoms with Gasteiger partial charge in [0.1, 0.15) is 12.7 Å². The van der Waals surface area contributed by atoms with Crippen LogP contribution in [0.2, 0.25) is 5.02 Å². The number of benzene rings is 2. The summed E-state index contributed by atoms with van der Waals surface area (Å²) in [5.74, 6) is 1.28. The van der Waals surface area contributed by atoms with E-state index in [9.17, 15) is 8.42 Å². The first-order valence-corrected chi connectivity index (χ1v) is 8.54. The van der Waals surface area contributed by atoms with Crippen molar-refractivity contribution in [1.29, 1.82) is 0 Å². The maximum Gasteiger partial charge on any atom is 0.240 e. The molecule has 0 aromatic heterocycles. The van der Waals surface area contributed by atoms with Crippen molar-refractivity contribution in [2.75, 3.05) is 13.2 Å². The van der Waals surface area contributed by atoms with Gasteiger partial charge in [-0.1, -0.05) is 23.7 Å².